The van der Waals surface area contributed by atoms with Crippen molar-refractivity contribution in [2.75, 3.05) is 0 Å². The SMILES string of the molecule is CC/C=C/C(CC)=C(\CC)OP(=O)(O/C(CC)=C(/C=C/CC)CC)O/C(CC)=C(/C=C/CC)CC. The standard InChI is InChI=1S/C30H51O4P/c1-10-19-22-25(13-4)28(16-7)32-35(31,33-29(17-8)26(14-5)23-20-11-2)34-30(18-9)27(15-6)24-21-12-3/h19-24H,10-18H2,1-9H3/b22-19+,23-20+,24-21+,28-25+,29-26+,30-27+. The molecule has 4 nitrogen and oxygen atoms in total. The van der Waals surface area contributed by atoms with Gasteiger partial charge in [0.1, 0.15) is 17.3 Å². The van der Waals surface area contributed by atoms with Crippen molar-refractivity contribution in [2.24, 2.45) is 0 Å². The fraction of sp³-hybridized carbons (Fsp3) is 0.600. The van der Waals surface area contributed by atoms with Crippen LogP contribution < -0.4 is 0 Å². The van der Waals surface area contributed by atoms with Crippen LogP contribution in [0.15, 0.2) is 70.5 Å². The van der Waals surface area contributed by atoms with Crippen LogP contribution in [0.25, 0.3) is 0 Å². The summed E-state index contributed by atoms with van der Waals surface area (Å²) in [7, 11) is -4.01. The van der Waals surface area contributed by atoms with Crippen molar-refractivity contribution in [1.82, 2.24) is 0 Å². The maximum atomic E-state index is 14.4. The minimum Gasteiger partial charge on any atom is -0.390 e. The first-order valence-corrected chi connectivity index (χ1v) is 15.1. The second-order valence-electron chi connectivity index (χ2n) is 8.12. The van der Waals surface area contributed by atoms with Crippen molar-refractivity contribution in [3.63, 3.8) is 0 Å². The molecule has 0 saturated heterocycles. The van der Waals surface area contributed by atoms with Gasteiger partial charge in [0.25, 0.3) is 0 Å². The first-order chi connectivity index (χ1) is 16.8. The molecule has 0 spiro atoms. The van der Waals surface area contributed by atoms with E-state index < -0.39 is 7.82 Å². The Hall–Kier alpha value is -1.93. The zero-order valence-corrected chi connectivity index (χ0v) is 24.8. The predicted octanol–water partition coefficient (Wildman–Crippen LogP) is 11.3. The van der Waals surface area contributed by atoms with E-state index in [2.05, 4.69) is 78.0 Å². The zero-order valence-electron chi connectivity index (χ0n) is 23.9. The van der Waals surface area contributed by atoms with Gasteiger partial charge in [0, 0.05) is 19.3 Å². The average molecular weight is 507 g/mol. The lowest BCUT2D eigenvalue weighted by Gasteiger charge is -2.25. The van der Waals surface area contributed by atoms with Crippen molar-refractivity contribution in [2.45, 2.75) is 120 Å². The molecule has 0 amide bonds. The van der Waals surface area contributed by atoms with Crippen LogP contribution in [0.2, 0.25) is 0 Å². The molecule has 0 atom stereocenters. The Balaban J connectivity index is 6.82. The van der Waals surface area contributed by atoms with E-state index in [9.17, 15) is 4.57 Å². The average Bonchev–Trinajstić information content (AvgIpc) is 2.87. The number of phosphoric acid groups is 1. The first-order valence-electron chi connectivity index (χ1n) is 13.7. The highest BCUT2D eigenvalue weighted by Gasteiger charge is 2.36. The molecular formula is C30H51O4P. The summed E-state index contributed by atoms with van der Waals surface area (Å²) in [5, 5.41) is 0. The molecular weight excluding hydrogens is 455 g/mol. The quantitative estimate of drug-likeness (QED) is 0.105. The molecule has 0 radical (unpaired) electrons. The molecule has 0 aromatic rings. The largest absolute Gasteiger partial charge is 0.646 e. The van der Waals surface area contributed by atoms with E-state index in [4.69, 9.17) is 13.6 Å². The topological polar surface area (TPSA) is 44.8 Å². The van der Waals surface area contributed by atoms with Crippen LogP contribution in [0.5, 0.6) is 0 Å². The summed E-state index contributed by atoms with van der Waals surface area (Å²) in [6.07, 6.45) is 19.3. The highest BCUT2D eigenvalue weighted by atomic mass is 31.2. The highest BCUT2D eigenvalue weighted by molar-refractivity contribution is 7.48. The summed E-state index contributed by atoms with van der Waals surface area (Å²) in [6, 6.07) is 0. The third-order valence-corrected chi connectivity index (χ3v) is 6.84. The van der Waals surface area contributed by atoms with E-state index in [-0.39, 0.29) is 0 Å². The van der Waals surface area contributed by atoms with Crippen molar-refractivity contribution < 1.29 is 18.1 Å². The summed E-state index contributed by atoms with van der Waals surface area (Å²) >= 11 is 0. The number of allylic oxidation sites excluding steroid dienone is 12. The van der Waals surface area contributed by atoms with Crippen LogP contribution >= 0.6 is 7.82 Å². The molecule has 0 aliphatic heterocycles. The van der Waals surface area contributed by atoms with Gasteiger partial charge in [-0.2, -0.15) is 4.57 Å². The lowest BCUT2D eigenvalue weighted by atomic mass is 10.1. The summed E-state index contributed by atoms with van der Waals surface area (Å²) in [4.78, 5) is 0. The van der Waals surface area contributed by atoms with Gasteiger partial charge in [-0.1, -0.05) is 98.8 Å². The van der Waals surface area contributed by atoms with Gasteiger partial charge in [0.2, 0.25) is 0 Å². The van der Waals surface area contributed by atoms with Gasteiger partial charge in [-0.15, -0.1) is 0 Å². The Morgan fingerprint density at radius 3 is 0.914 bits per heavy atom. The maximum absolute atomic E-state index is 14.4. The molecule has 35 heavy (non-hydrogen) atoms. The normalized spacial score (nSPS) is 14.9. The monoisotopic (exact) mass is 506 g/mol. The fourth-order valence-electron chi connectivity index (χ4n) is 3.52. The summed E-state index contributed by atoms with van der Waals surface area (Å²) < 4.78 is 33.0. The van der Waals surface area contributed by atoms with Gasteiger partial charge in [0.05, 0.1) is 0 Å². The Bertz CT molecular complexity index is 731. The Kier molecular flexibility index (Phi) is 18.2. The van der Waals surface area contributed by atoms with Gasteiger partial charge >= 0.3 is 7.82 Å². The van der Waals surface area contributed by atoms with Gasteiger partial charge in [-0.25, -0.2) is 0 Å². The molecule has 0 bridgehead atoms. The molecule has 0 fully saturated rings. The lowest BCUT2D eigenvalue weighted by Crippen LogP contribution is -2.05. The van der Waals surface area contributed by atoms with E-state index in [0.717, 1.165) is 55.2 Å². The fourth-order valence-corrected chi connectivity index (χ4v) is 5.18. The van der Waals surface area contributed by atoms with Crippen molar-refractivity contribution >= 4 is 7.82 Å². The van der Waals surface area contributed by atoms with Crippen LogP contribution in [-0.4, -0.2) is 0 Å². The van der Waals surface area contributed by atoms with Crippen LogP contribution in [0, 0.1) is 0 Å². The molecule has 0 heterocycles. The zero-order chi connectivity index (χ0) is 26.7. The van der Waals surface area contributed by atoms with Crippen LogP contribution in [0.3, 0.4) is 0 Å². The molecule has 0 saturated carbocycles. The van der Waals surface area contributed by atoms with Gasteiger partial charge in [0.15, 0.2) is 0 Å². The van der Waals surface area contributed by atoms with E-state index in [0.29, 0.717) is 36.5 Å². The molecule has 5 heteroatoms. The Labute approximate surface area is 216 Å². The Morgan fingerprint density at radius 1 is 0.486 bits per heavy atom. The van der Waals surface area contributed by atoms with Crippen molar-refractivity contribution in [1.29, 1.82) is 0 Å². The third kappa shape index (κ3) is 12.0. The summed E-state index contributed by atoms with van der Waals surface area (Å²) in [6.45, 7) is 18.5. The van der Waals surface area contributed by atoms with Gasteiger partial charge in [-0.3, -0.25) is 0 Å². The van der Waals surface area contributed by atoms with Crippen molar-refractivity contribution in [3.05, 3.63) is 70.5 Å². The molecule has 0 rings (SSSR count). The summed E-state index contributed by atoms with van der Waals surface area (Å²) in [5.74, 6) is 1.95. The molecule has 0 N–H and O–H groups in total. The van der Waals surface area contributed by atoms with E-state index in [1.807, 2.05) is 20.8 Å². The molecule has 0 aromatic carbocycles. The first kappa shape index (κ1) is 33.1. The van der Waals surface area contributed by atoms with Crippen LogP contribution in [-0.2, 0) is 18.1 Å². The van der Waals surface area contributed by atoms with Crippen LogP contribution in [0.4, 0.5) is 0 Å². The maximum Gasteiger partial charge on any atom is 0.646 e. The lowest BCUT2D eigenvalue weighted by molar-refractivity contribution is 0.182. The number of phosphoric ester groups is 1. The summed E-state index contributed by atoms with van der Waals surface area (Å²) in [5.41, 5.74) is 3.03. The smallest absolute Gasteiger partial charge is 0.390 e. The number of hydrogen-bond acceptors (Lipinski definition) is 4. The number of hydrogen-bond donors (Lipinski definition) is 0. The molecule has 0 aliphatic rings. The molecule has 0 aliphatic carbocycles. The Morgan fingerprint density at radius 2 is 0.743 bits per heavy atom. The second-order valence-corrected chi connectivity index (χ2v) is 9.56. The predicted molar refractivity (Wildman–Crippen MR) is 152 cm³/mol. The van der Waals surface area contributed by atoms with Gasteiger partial charge < -0.3 is 13.6 Å². The molecule has 200 valence electrons. The van der Waals surface area contributed by atoms with Gasteiger partial charge in [-0.05, 0) is 55.2 Å². The minimum absolute atomic E-state index is 0.594. The minimum atomic E-state index is -4.01. The van der Waals surface area contributed by atoms with Crippen LogP contribution in [0.1, 0.15) is 120 Å². The molecule has 0 aromatic heterocycles. The van der Waals surface area contributed by atoms with E-state index >= 15 is 0 Å². The number of rotatable bonds is 18. The van der Waals surface area contributed by atoms with E-state index in [1.54, 1.807) is 0 Å². The second kappa shape index (κ2) is 19.3. The molecule has 0 unspecified atom stereocenters. The third-order valence-electron chi connectivity index (χ3n) is 5.51. The highest BCUT2D eigenvalue weighted by Crippen LogP contribution is 2.57. The van der Waals surface area contributed by atoms with Crippen molar-refractivity contribution in [3.8, 4) is 0 Å². The van der Waals surface area contributed by atoms with E-state index in [1.165, 1.54) is 0 Å².